The maximum atomic E-state index is 4.86. The van der Waals surface area contributed by atoms with Crippen LogP contribution in [0.2, 0.25) is 0 Å². The molecule has 0 spiro atoms. The Morgan fingerprint density at radius 3 is 2.70 bits per heavy atom. The average molecular weight is 154 g/mol. The van der Waals surface area contributed by atoms with Crippen molar-refractivity contribution in [3.63, 3.8) is 0 Å². The zero-order valence-corrected chi connectivity index (χ0v) is 6.93. The third-order valence-corrected chi connectivity index (χ3v) is 2.04. The van der Waals surface area contributed by atoms with Gasteiger partial charge in [-0.15, -0.1) is 0 Å². The van der Waals surface area contributed by atoms with Crippen LogP contribution in [0.1, 0.15) is 13.8 Å². The van der Waals surface area contributed by atoms with Gasteiger partial charge in [0.25, 0.3) is 0 Å². The molecule has 0 aliphatic rings. The van der Waals surface area contributed by atoms with Crippen LogP contribution in [0.4, 0.5) is 0 Å². The van der Waals surface area contributed by atoms with Crippen LogP contribution in [-0.2, 0) is 5.54 Å². The van der Waals surface area contributed by atoms with Gasteiger partial charge in [-0.25, -0.2) is 4.98 Å². The summed E-state index contributed by atoms with van der Waals surface area (Å²) in [6.45, 7) is 4.09. The predicted molar refractivity (Wildman–Crippen MR) is 45.2 cm³/mol. The average Bonchev–Trinajstić information content (AvgIpc) is 2.38. The smallest absolute Gasteiger partial charge is 0.0953 e. The van der Waals surface area contributed by atoms with E-state index in [0.29, 0.717) is 0 Å². The SMILES string of the molecule is CC(C)(C=S)n1ccnc1. The highest BCUT2D eigenvalue weighted by Gasteiger charge is 2.14. The van der Waals surface area contributed by atoms with Gasteiger partial charge >= 0.3 is 0 Å². The van der Waals surface area contributed by atoms with Crippen LogP contribution in [0.25, 0.3) is 0 Å². The van der Waals surface area contributed by atoms with E-state index in [9.17, 15) is 0 Å². The van der Waals surface area contributed by atoms with Crippen LogP contribution in [0.15, 0.2) is 18.7 Å². The molecular formula is C7H10N2S. The molecule has 0 unspecified atom stereocenters. The van der Waals surface area contributed by atoms with E-state index < -0.39 is 0 Å². The van der Waals surface area contributed by atoms with E-state index in [-0.39, 0.29) is 5.54 Å². The van der Waals surface area contributed by atoms with Crippen LogP contribution < -0.4 is 0 Å². The third kappa shape index (κ3) is 1.24. The number of hydrogen-bond acceptors (Lipinski definition) is 2. The molecule has 0 radical (unpaired) electrons. The summed E-state index contributed by atoms with van der Waals surface area (Å²) in [6.07, 6.45) is 5.42. The highest BCUT2D eigenvalue weighted by molar-refractivity contribution is 7.79. The molecule has 0 aliphatic carbocycles. The van der Waals surface area contributed by atoms with Crippen molar-refractivity contribution in [1.82, 2.24) is 9.55 Å². The molecule has 0 bridgehead atoms. The number of rotatable bonds is 2. The van der Waals surface area contributed by atoms with Crippen molar-refractivity contribution in [2.24, 2.45) is 0 Å². The highest BCUT2D eigenvalue weighted by atomic mass is 32.1. The first kappa shape index (κ1) is 7.41. The number of hydrogen-bond donors (Lipinski definition) is 0. The Morgan fingerprint density at radius 1 is 1.60 bits per heavy atom. The first-order valence-electron chi connectivity index (χ1n) is 3.11. The lowest BCUT2D eigenvalue weighted by Gasteiger charge is -2.19. The van der Waals surface area contributed by atoms with Crippen molar-refractivity contribution in [1.29, 1.82) is 0 Å². The molecule has 0 N–H and O–H groups in total. The van der Waals surface area contributed by atoms with E-state index >= 15 is 0 Å². The van der Waals surface area contributed by atoms with E-state index in [0.717, 1.165) is 0 Å². The molecule has 0 fully saturated rings. The number of nitrogens with zero attached hydrogens (tertiary/aromatic N) is 2. The molecule has 0 saturated heterocycles. The Kier molecular flexibility index (Phi) is 1.85. The molecule has 0 atom stereocenters. The van der Waals surface area contributed by atoms with Gasteiger partial charge in [0, 0.05) is 17.8 Å². The molecule has 1 aromatic heterocycles. The highest BCUT2D eigenvalue weighted by Crippen LogP contribution is 2.10. The van der Waals surface area contributed by atoms with Crippen LogP contribution in [0.3, 0.4) is 0 Å². The van der Waals surface area contributed by atoms with Crippen molar-refractivity contribution in [3.05, 3.63) is 18.7 Å². The second kappa shape index (κ2) is 2.50. The lowest BCUT2D eigenvalue weighted by molar-refractivity contribution is 0.507. The van der Waals surface area contributed by atoms with Crippen LogP contribution in [0, 0.1) is 0 Å². The molecule has 0 amide bonds. The normalized spacial score (nSPS) is 11.4. The molecule has 0 aromatic carbocycles. The van der Waals surface area contributed by atoms with Crippen molar-refractivity contribution in [3.8, 4) is 0 Å². The van der Waals surface area contributed by atoms with Crippen molar-refractivity contribution in [2.75, 3.05) is 0 Å². The first-order valence-corrected chi connectivity index (χ1v) is 3.59. The molecule has 0 aliphatic heterocycles. The molecular weight excluding hydrogens is 144 g/mol. The van der Waals surface area contributed by atoms with Gasteiger partial charge < -0.3 is 4.57 Å². The molecule has 1 rings (SSSR count). The van der Waals surface area contributed by atoms with Crippen LogP contribution in [-0.4, -0.2) is 14.9 Å². The number of thiocarbonyl (C=S) groups is 1. The lowest BCUT2D eigenvalue weighted by atomic mass is 10.1. The zero-order chi connectivity index (χ0) is 7.61. The van der Waals surface area contributed by atoms with Gasteiger partial charge in [0.2, 0.25) is 0 Å². The summed E-state index contributed by atoms with van der Waals surface area (Å²) >= 11 is 4.86. The van der Waals surface area contributed by atoms with E-state index in [1.165, 1.54) is 0 Å². The topological polar surface area (TPSA) is 17.8 Å². The lowest BCUT2D eigenvalue weighted by Crippen LogP contribution is -2.25. The summed E-state index contributed by atoms with van der Waals surface area (Å²) in [5.41, 5.74) is -0.0914. The second-order valence-electron chi connectivity index (χ2n) is 2.74. The van der Waals surface area contributed by atoms with E-state index in [4.69, 9.17) is 12.2 Å². The Morgan fingerprint density at radius 2 is 2.30 bits per heavy atom. The Hall–Kier alpha value is -0.700. The van der Waals surface area contributed by atoms with E-state index in [2.05, 4.69) is 4.98 Å². The Bertz CT molecular complexity index is 214. The molecule has 2 nitrogen and oxygen atoms in total. The van der Waals surface area contributed by atoms with Gasteiger partial charge in [0.1, 0.15) is 0 Å². The van der Waals surface area contributed by atoms with Crippen LogP contribution >= 0.6 is 12.2 Å². The third-order valence-electron chi connectivity index (χ3n) is 1.46. The quantitative estimate of drug-likeness (QED) is 0.602. The predicted octanol–water partition coefficient (Wildman–Crippen LogP) is 1.62. The minimum atomic E-state index is -0.0914. The van der Waals surface area contributed by atoms with Crippen molar-refractivity contribution < 1.29 is 0 Å². The summed E-state index contributed by atoms with van der Waals surface area (Å²) in [6, 6.07) is 0. The van der Waals surface area contributed by atoms with Gasteiger partial charge in [0.05, 0.1) is 11.9 Å². The maximum Gasteiger partial charge on any atom is 0.0953 e. The number of aromatic nitrogens is 2. The zero-order valence-electron chi connectivity index (χ0n) is 6.11. The molecule has 10 heavy (non-hydrogen) atoms. The minimum Gasteiger partial charge on any atom is -0.328 e. The summed E-state index contributed by atoms with van der Waals surface area (Å²) in [4.78, 5) is 3.93. The second-order valence-corrected chi connectivity index (χ2v) is 2.98. The summed E-state index contributed by atoms with van der Waals surface area (Å²) in [7, 11) is 0. The summed E-state index contributed by atoms with van der Waals surface area (Å²) in [5, 5.41) is 1.73. The fraction of sp³-hybridized carbons (Fsp3) is 0.429. The maximum absolute atomic E-state index is 4.86. The molecule has 0 saturated carbocycles. The standard InChI is InChI=1S/C7H10N2S/c1-7(2,5-10)9-4-3-8-6-9/h3-6H,1-2H3. The largest absolute Gasteiger partial charge is 0.328 e. The first-order chi connectivity index (χ1) is 4.67. The van der Waals surface area contributed by atoms with Gasteiger partial charge in [-0.05, 0) is 13.8 Å². The van der Waals surface area contributed by atoms with E-state index in [1.54, 1.807) is 17.9 Å². The fourth-order valence-corrected chi connectivity index (χ4v) is 0.783. The van der Waals surface area contributed by atoms with Gasteiger partial charge in [-0.3, -0.25) is 0 Å². The van der Waals surface area contributed by atoms with Gasteiger partial charge in [0.15, 0.2) is 0 Å². The molecule has 1 heterocycles. The summed E-state index contributed by atoms with van der Waals surface area (Å²) < 4.78 is 1.97. The number of imidazole rings is 1. The van der Waals surface area contributed by atoms with Crippen LogP contribution in [0.5, 0.6) is 0 Å². The molecule has 3 heteroatoms. The minimum absolute atomic E-state index is 0.0914. The fourth-order valence-electron chi connectivity index (χ4n) is 0.661. The van der Waals surface area contributed by atoms with Crippen molar-refractivity contribution >= 4 is 17.6 Å². The van der Waals surface area contributed by atoms with Crippen molar-refractivity contribution in [2.45, 2.75) is 19.4 Å². The van der Waals surface area contributed by atoms with Gasteiger partial charge in [-0.1, -0.05) is 12.2 Å². The van der Waals surface area contributed by atoms with E-state index in [1.807, 2.05) is 24.6 Å². The summed E-state index contributed by atoms with van der Waals surface area (Å²) in [5.74, 6) is 0. The Labute approximate surface area is 65.9 Å². The monoisotopic (exact) mass is 154 g/mol. The van der Waals surface area contributed by atoms with Gasteiger partial charge in [-0.2, -0.15) is 0 Å². The molecule has 1 aromatic rings. The molecule has 54 valence electrons. The Balaban J connectivity index is 2.95.